The highest BCUT2D eigenvalue weighted by atomic mass is 16.6. The van der Waals surface area contributed by atoms with Crippen LogP contribution in [0.3, 0.4) is 0 Å². The second-order valence-electron chi connectivity index (χ2n) is 10.6. The van der Waals surface area contributed by atoms with Gasteiger partial charge in [0.1, 0.15) is 35.8 Å². The smallest absolute Gasteiger partial charge is 0.132 e. The molecule has 3 aliphatic heterocycles. The van der Waals surface area contributed by atoms with E-state index in [-0.39, 0.29) is 35.6 Å². The lowest BCUT2D eigenvalue weighted by Crippen LogP contribution is -2.74. The first kappa shape index (κ1) is 18.6. The monoisotopic (exact) mass is 400 g/mol. The summed E-state index contributed by atoms with van der Waals surface area (Å²) in [5.74, 6) is 1.50. The van der Waals surface area contributed by atoms with Crippen molar-refractivity contribution in [2.45, 2.75) is 102 Å². The van der Waals surface area contributed by atoms with E-state index in [1.165, 1.54) is 16.7 Å². The van der Waals surface area contributed by atoms with Gasteiger partial charge >= 0.3 is 0 Å². The Hall–Kier alpha value is -1.14. The Bertz CT molecular complexity index is 891. The van der Waals surface area contributed by atoms with Crippen molar-refractivity contribution in [1.82, 2.24) is 0 Å². The van der Waals surface area contributed by atoms with Gasteiger partial charge in [0.2, 0.25) is 0 Å². The van der Waals surface area contributed by atoms with Crippen LogP contribution in [-0.2, 0) is 27.2 Å². The molecule has 7 unspecified atom stereocenters. The van der Waals surface area contributed by atoms with Gasteiger partial charge in [0.15, 0.2) is 0 Å². The molecule has 3 saturated heterocycles. The number of fused-ring (bicyclic) bond motifs is 2. The lowest BCUT2D eigenvalue weighted by atomic mass is 9.46. The third-order valence-electron chi connectivity index (χ3n) is 8.59. The number of ether oxygens (including phenoxy) is 3. The molecule has 0 amide bonds. The van der Waals surface area contributed by atoms with Crippen molar-refractivity contribution in [2.75, 3.05) is 0 Å². The maximum absolute atomic E-state index is 11.4. The summed E-state index contributed by atoms with van der Waals surface area (Å²) in [4.78, 5) is 0. The van der Waals surface area contributed by atoms with E-state index in [1.807, 2.05) is 20.1 Å². The predicted octanol–water partition coefficient (Wildman–Crippen LogP) is 3.88. The Morgan fingerprint density at radius 2 is 2.00 bits per heavy atom. The molecule has 0 radical (unpaired) electrons. The standard InChI is InChI=1S/C24H32O5/c1-12(2)24-19(29-24)8-18-22(5)7-6-14-15(10-27-17(14)11-26-13(3)4)20(22)16-9-23(18,28-16)21(24)25/h8,10,12-13,16,19-21,25H,6-7,9,11H2,1-5H3. The van der Waals surface area contributed by atoms with Crippen LogP contribution in [-0.4, -0.2) is 40.7 Å². The molecule has 1 saturated carbocycles. The molecule has 4 fully saturated rings. The van der Waals surface area contributed by atoms with Crippen molar-refractivity contribution in [2.24, 2.45) is 11.3 Å². The molecule has 1 aromatic heterocycles. The largest absolute Gasteiger partial charge is 0.466 e. The fourth-order valence-corrected chi connectivity index (χ4v) is 7.07. The van der Waals surface area contributed by atoms with Gasteiger partial charge in [0.25, 0.3) is 0 Å². The summed E-state index contributed by atoms with van der Waals surface area (Å²) in [7, 11) is 0. The quantitative estimate of drug-likeness (QED) is 0.614. The van der Waals surface area contributed by atoms with E-state index in [1.54, 1.807) is 0 Å². The summed E-state index contributed by atoms with van der Waals surface area (Å²) in [6.45, 7) is 11.3. The summed E-state index contributed by atoms with van der Waals surface area (Å²) in [6, 6.07) is 0. The first-order chi connectivity index (χ1) is 13.7. The molecule has 3 aliphatic carbocycles. The first-order valence-corrected chi connectivity index (χ1v) is 11.2. The van der Waals surface area contributed by atoms with Crippen LogP contribution in [0.4, 0.5) is 0 Å². The van der Waals surface area contributed by atoms with Crippen LogP contribution in [0.5, 0.6) is 0 Å². The average molecular weight is 401 g/mol. The van der Waals surface area contributed by atoms with E-state index in [0.717, 1.165) is 25.0 Å². The number of epoxide rings is 1. The molecule has 2 bridgehead atoms. The van der Waals surface area contributed by atoms with Gasteiger partial charge in [-0.2, -0.15) is 0 Å². The minimum atomic E-state index is -0.588. The van der Waals surface area contributed by atoms with Gasteiger partial charge < -0.3 is 23.7 Å². The molecule has 7 atom stereocenters. The van der Waals surface area contributed by atoms with Crippen LogP contribution in [0.2, 0.25) is 0 Å². The van der Waals surface area contributed by atoms with Gasteiger partial charge in [0.05, 0.1) is 18.5 Å². The molecular weight excluding hydrogens is 368 g/mol. The molecule has 1 spiro atoms. The highest BCUT2D eigenvalue weighted by molar-refractivity contribution is 5.52. The summed E-state index contributed by atoms with van der Waals surface area (Å²) in [5.41, 5.74) is 2.83. The summed E-state index contributed by atoms with van der Waals surface area (Å²) < 4.78 is 24.5. The van der Waals surface area contributed by atoms with E-state index in [2.05, 4.69) is 26.8 Å². The molecule has 1 aromatic rings. The van der Waals surface area contributed by atoms with E-state index in [9.17, 15) is 5.11 Å². The van der Waals surface area contributed by atoms with Gasteiger partial charge in [0, 0.05) is 23.3 Å². The van der Waals surface area contributed by atoms with Crippen LogP contribution in [0, 0.1) is 11.3 Å². The third-order valence-corrected chi connectivity index (χ3v) is 8.59. The second kappa shape index (κ2) is 5.56. The van der Waals surface area contributed by atoms with Crippen molar-refractivity contribution in [1.29, 1.82) is 0 Å². The lowest BCUT2D eigenvalue weighted by molar-refractivity contribution is -0.290. The minimum absolute atomic E-state index is 0.0112. The summed E-state index contributed by atoms with van der Waals surface area (Å²) in [5, 5.41) is 11.4. The lowest BCUT2D eigenvalue weighted by Gasteiger charge is -2.68. The molecule has 5 heteroatoms. The number of hydrogen-bond acceptors (Lipinski definition) is 5. The zero-order chi connectivity index (χ0) is 20.3. The van der Waals surface area contributed by atoms with Crippen molar-refractivity contribution in [3.63, 3.8) is 0 Å². The summed E-state index contributed by atoms with van der Waals surface area (Å²) in [6.07, 6.45) is 6.87. The van der Waals surface area contributed by atoms with E-state index in [0.29, 0.717) is 6.61 Å². The molecule has 5 nitrogen and oxygen atoms in total. The highest BCUT2D eigenvalue weighted by Gasteiger charge is 2.79. The minimum Gasteiger partial charge on any atom is -0.466 e. The first-order valence-electron chi connectivity index (χ1n) is 11.2. The Balaban J connectivity index is 1.39. The fraction of sp³-hybridized carbons (Fsp3) is 0.750. The van der Waals surface area contributed by atoms with Gasteiger partial charge in [-0.1, -0.05) is 26.8 Å². The third kappa shape index (κ3) is 2.06. The van der Waals surface area contributed by atoms with Crippen LogP contribution in [0.25, 0.3) is 0 Å². The average Bonchev–Trinajstić information content (AvgIpc) is 3.24. The predicted molar refractivity (Wildman–Crippen MR) is 107 cm³/mol. The van der Waals surface area contributed by atoms with Crippen LogP contribution in [0.1, 0.15) is 70.3 Å². The van der Waals surface area contributed by atoms with Crippen molar-refractivity contribution >= 4 is 0 Å². The highest BCUT2D eigenvalue weighted by Crippen LogP contribution is 2.72. The van der Waals surface area contributed by atoms with E-state index < -0.39 is 17.3 Å². The number of aliphatic hydroxyl groups excluding tert-OH is 1. The fourth-order valence-electron chi connectivity index (χ4n) is 7.07. The van der Waals surface area contributed by atoms with Gasteiger partial charge in [-0.05, 0) is 43.7 Å². The Labute approximate surface area is 172 Å². The number of aliphatic hydroxyl groups is 1. The van der Waals surface area contributed by atoms with Crippen LogP contribution >= 0.6 is 0 Å². The Morgan fingerprint density at radius 3 is 2.69 bits per heavy atom. The molecule has 1 N–H and O–H groups in total. The topological polar surface area (TPSA) is 64.4 Å². The maximum atomic E-state index is 11.4. The number of furan rings is 1. The SMILES string of the molecule is CC(C)OCc1occ2c1CCC1(C)C3=CC4OC4(C(C)C)C(O)C34CC(O4)C21. The normalized spacial score (nSPS) is 46.4. The number of rotatable bonds is 4. The van der Waals surface area contributed by atoms with Crippen LogP contribution in [0.15, 0.2) is 22.3 Å². The molecule has 6 aliphatic rings. The van der Waals surface area contributed by atoms with Crippen molar-refractivity contribution in [3.8, 4) is 0 Å². The van der Waals surface area contributed by atoms with Crippen LogP contribution < -0.4 is 0 Å². The molecule has 158 valence electrons. The Kier molecular flexibility index (Phi) is 3.57. The molecule has 4 heterocycles. The zero-order valence-electron chi connectivity index (χ0n) is 18.0. The van der Waals surface area contributed by atoms with Gasteiger partial charge in [-0.25, -0.2) is 0 Å². The van der Waals surface area contributed by atoms with Gasteiger partial charge in [-0.3, -0.25) is 0 Å². The van der Waals surface area contributed by atoms with Gasteiger partial charge in [-0.15, -0.1) is 0 Å². The van der Waals surface area contributed by atoms with Crippen molar-refractivity contribution in [3.05, 3.63) is 34.8 Å². The molecular formula is C24H32O5. The van der Waals surface area contributed by atoms with E-state index >= 15 is 0 Å². The van der Waals surface area contributed by atoms with Crippen molar-refractivity contribution < 1.29 is 23.7 Å². The zero-order valence-corrected chi connectivity index (χ0v) is 18.0. The molecule has 0 aromatic carbocycles. The molecule has 29 heavy (non-hydrogen) atoms. The summed E-state index contributed by atoms with van der Waals surface area (Å²) >= 11 is 0. The van der Waals surface area contributed by atoms with E-state index in [4.69, 9.17) is 18.6 Å². The number of hydrogen-bond donors (Lipinski definition) is 1. The second-order valence-corrected chi connectivity index (χ2v) is 10.6. The Morgan fingerprint density at radius 1 is 1.24 bits per heavy atom. The maximum Gasteiger partial charge on any atom is 0.132 e. The molecule has 7 rings (SSSR count).